The van der Waals surface area contributed by atoms with Crippen molar-refractivity contribution < 1.29 is 0 Å². The number of allylic oxidation sites excluding steroid dienone is 2. The number of halogens is 2. The maximum Gasteiger partial charge on any atom is 0.0181 e. The second kappa shape index (κ2) is 7.05. The predicted molar refractivity (Wildman–Crippen MR) is 96.7 cm³/mol. The van der Waals surface area contributed by atoms with Crippen LogP contribution < -0.4 is 0 Å². The molecule has 0 atom stereocenters. The molecule has 0 fully saturated rings. The molecule has 0 N–H and O–H groups in total. The van der Waals surface area contributed by atoms with Crippen LogP contribution >= 0.6 is 31.9 Å². The van der Waals surface area contributed by atoms with Gasteiger partial charge in [-0.2, -0.15) is 0 Å². The van der Waals surface area contributed by atoms with Crippen LogP contribution in [0.1, 0.15) is 25.0 Å². The SMILES string of the molecule is C/C=C/c1cc(Br)ccc1-c1ccc(Br)cc1/C=C/C. The Kier molecular flexibility index (Phi) is 5.38. The molecule has 0 nitrogen and oxygen atoms in total. The second-order valence-electron chi connectivity index (χ2n) is 4.46. The van der Waals surface area contributed by atoms with Crippen LogP contribution in [0.25, 0.3) is 23.3 Å². The number of hydrogen-bond donors (Lipinski definition) is 0. The highest BCUT2D eigenvalue weighted by Crippen LogP contribution is 2.32. The molecule has 20 heavy (non-hydrogen) atoms. The fourth-order valence-corrected chi connectivity index (χ4v) is 2.95. The molecule has 0 heterocycles. The molecule has 0 radical (unpaired) electrons. The Balaban J connectivity index is 2.67. The average Bonchev–Trinajstić information content (AvgIpc) is 2.41. The molecule has 0 aliphatic rings. The lowest BCUT2D eigenvalue weighted by molar-refractivity contribution is 1.53. The van der Waals surface area contributed by atoms with Crippen molar-refractivity contribution in [2.75, 3.05) is 0 Å². The topological polar surface area (TPSA) is 0 Å². The lowest BCUT2D eigenvalue weighted by Crippen LogP contribution is -1.88. The Hall–Kier alpha value is -1.12. The molecule has 0 saturated heterocycles. The maximum absolute atomic E-state index is 3.54. The van der Waals surface area contributed by atoms with Crippen LogP contribution in [0.4, 0.5) is 0 Å². The molecule has 2 aromatic rings. The van der Waals surface area contributed by atoms with Crippen molar-refractivity contribution in [3.63, 3.8) is 0 Å². The highest BCUT2D eigenvalue weighted by Gasteiger charge is 2.08. The molecule has 0 aliphatic carbocycles. The summed E-state index contributed by atoms with van der Waals surface area (Å²) in [4.78, 5) is 0. The average molecular weight is 392 g/mol. The number of benzene rings is 2. The van der Waals surface area contributed by atoms with E-state index in [0.29, 0.717) is 0 Å². The zero-order valence-corrected chi connectivity index (χ0v) is 14.7. The van der Waals surface area contributed by atoms with Gasteiger partial charge in [0.25, 0.3) is 0 Å². The van der Waals surface area contributed by atoms with E-state index in [4.69, 9.17) is 0 Å². The molecule has 0 saturated carbocycles. The van der Waals surface area contributed by atoms with Gasteiger partial charge in [-0.25, -0.2) is 0 Å². The molecule has 0 bridgehead atoms. The molecule has 2 aromatic carbocycles. The summed E-state index contributed by atoms with van der Waals surface area (Å²) in [6, 6.07) is 12.8. The van der Waals surface area contributed by atoms with E-state index in [1.165, 1.54) is 22.3 Å². The van der Waals surface area contributed by atoms with Gasteiger partial charge in [0, 0.05) is 8.95 Å². The van der Waals surface area contributed by atoms with Gasteiger partial charge in [0.2, 0.25) is 0 Å². The standard InChI is InChI=1S/C18H16Br2/c1-3-5-13-11-15(19)7-9-17(13)18-10-8-16(20)12-14(18)6-4-2/h3-12H,1-2H3/b5-3+,6-4+. The van der Waals surface area contributed by atoms with Crippen molar-refractivity contribution in [2.45, 2.75) is 13.8 Å². The molecule has 102 valence electrons. The first kappa shape index (κ1) is 15.3. The minimum absolute atomic E-state index is 1.10. The van der Waals surface area contributed by atoms with E-state index in [2.05, 4.69) is 92.6 Å². The Bertz CT molecular complexity index is 608. The van der Waals surface area contributed by atoms with E-state index >= 15 is 0 Å². The van der Waals surface area contributed by atoms with Crippen molar-refractivity contribution in [3.05, 3.63) is 68.6 Å². The van der Waals surface area contributed by atoms with Crippen LogP contribution in [0.15, 0.2) is 57.5 Å². The molecule has 2 heteroatoms. The predicted octanol–water partition coefficient (Wildman–Crippen LogP) is 6.94. The Labute approximate surface area is 137 Å². The third kappa shape index (κ3) is 3.50. The molecule has 0 aliphatic heterocycles. The first-order chi connectivity index (χ1) is 9.65. The summed E-state index contributed by atoms with van der Waals surface area (Å²) < 4.78 is 2.19. The van der Waals surface area contributed by atoms with Gasteiger partial charge in [0.1, 0.15) is 0 Å². The number of hydrogen-bond acceptors (Lipinski definition) is 0. The van der Waals surface area contributed by atoms with Crippen molar-refractivity contribution in [2.24, 2.45) is 0 Å². The smallest absolute Gasteiger partial charge is 0.0181 e. The fourth-order valence-electron chi connectivity index (χ4n) is 2.19. The van der Waals surface area contributed by atoms with Gasteiger partial charge in [-0.15, -0.1) is 0 Å². The van der Waals surface area contributed by atoms with Crippen LogP contribution in [0.2, 0.25) is 0 Å². The summed E-state index contributed by atoms with van der Waals surface area (Å²) >= 11 is 7.09. The Morgan fingerprint density at radius 3 is 1.45 bits per heavy atom. The highest BCUT2D eigenvalue weighted by molar-refractivity contribution is 9.10. The molecular formula is C18H16Br2. The first-order valence-corrected chi connectivity index (χ1v) is 8.09. The van der Waals surface area contributed by atoms with E-state index in [-0.39, 0.29) is 0 Å². The van der Waals surface area contributed by atoms with Gasteiger partial charge in [-0.05, 0) is 60.4 Å². The summed E-state index contributed by atoms with van der Waals surface area (Å²) in [6.07, 6.45) is 8.42. The molecule has 0 amide bonds. The van der Waals surface area contributed by atoms with Gasteiger partial charge in [-0.1, -0.05) is 68.3 Å². The van der Waals surface area contributed by atoms with Crippen LogP contribution in [0.5, 0.6) is 0 Å². The van der Waals surface area contributed by atoms with E-state index in [1.807, 2.05) is 13.8 Å². The summed E-state index contributed by atoms with van der Waals surface area (Å²) in [7, 11) is 0. The monoisotopic (exact) mass is 390 g/mol. The minimum atomic E-state index is 1.10. The zero-order chi connectivity index (χ0) is 14.5. The molecule has 0 unspecified atom stereocenters. The van der Waals surface area contributed by atoms with Crippen molar-refractivity contribution >= 4 is 44.0 Å². The quantitative estimate of drug-likeness (QED) is 0.531. The van der Waals surface area contributed by atoms with Crippen molar-refractivity contribution in [3.8, 4) is 11.1 Å². The summed E-state index contributed by atoms with van der Waals surface area (Å²) in [5, 5.41) is 0. The fraction of sp³-hybridized carbons (Fsp3) is 0.111. The van der Waals surface area contributed by atoms with E-state index in [0.717, 1.165) is 8.95 Å². The zero-order valence-electron chi connectivity index (χ0n) is 11.5. The Morgan fingerprint density at radius 2 is 1.10 bits per heavy atom. The van der Waals surface area contributed by atoms with Crippen molar-refractivity contribution in [1.29, 1.82) is 0 Å². The molecular weight excluding hydrogens is 376 g/mol. The van der Waals surface area contributed by atoms with Gasteiger partial charge >= 0.3 is 0 Å². The Morgan fingerprint density at radius 1 is 0.700 bits per heavy atom. The largest absolute Gasteiger partial charge is 0.0870 e. The van der Waals surface area contributed by atoms with Gasteiger partial charge in [-0.3, -0.25) is 0 Å². The summed E-state index contributed by atoms with van der Waals surface area (Å²) in [5.41, 5.74) is 4.92. The van der Waals surface area contributed by atoms with E-state index in [9.17, 15) is 0 Å². The van der Waals surface area contributed by atoms with Gasteiger partial charge in [0.15, 0.2) is 0 Å². The molecule has 0 aromatic heterocycles. The van der Waals surface area contributed by atoms with Crippen LogP contribution in [0.3, 0.4) is 0 Å². The van der Waals surface area contributed by atoms with Crippen LogP contribution in [0, 0.1) is 0 Å². The molecule has 0 spiro atoms. The summed E-state index contributed by atoms with van der Waals surface area (Å²) in [6.45, 7) is 4.08. The van der Waals surface area contributed by atoms with Gasteiger partial charge < -0.3 is 0 Å². The first-order valence-electron chi connectivity index (χ1n) is 6.50. The van der Waals surface area contributed by atoms with E-state index in [1.54, 1.807) is 0 Å². The third-order valence-electron chi connectivity index (χ3n) is 3.01. The highest BCUT2D eigenvalue weighted by atomic mass is 79.9. The van der Waals surface area contributed by atoms with Crippen LogP contribution in [-0.2, 0) is 0 Å². The normalized spacial score (nSPS) is 11.6. The van der Waals surface area contributed by atoms with Crippen LogP contribution in [-0.4, -0.2) is 0 Å². The minimum Gasteiger partial charge on any atom is -0.0870 e. The van der Waals surface area contributed by atoms with Gasteiger partial charge in [0.05, 0.1) is 0 Å². The van der Waals surface area contributed by atoms with E-state index < -0.39 is 0 Å². The van der Waals surface area contributed by atoms with Crippen molar-refractivity contribution in [1.82, 2.24) is 0 Å². The molecule has 2 rings (SSSR count). The second-order valence-corrected chi connectivity index (χ2v) is 6.29. The summed E-state index contributed by atoms with van der Waals surface area (Å²) in [5.74, 6) is 0. The number of rotatable bonds is 3. The maximum atomic E-state index is 3.54. The lowest BCUT2D eigenvalue weighted by Gasteiger charge is -2.11. The lowest BCUT2D eigenvalue weighted by atomic mass is 9.95. The third-order valence-corrected chi connectivity index (χ3v) is 4.00.